The Morgan fingerprint density at radius 2 is 1.31 bits per heavy atom. The summed E-state index contributed by atoms with van der Waals surface area (Å²) in [5, 5.41) is 109. The number of ether oxygens (including phenoxy) is 1. The van der Waals surface area contributed by atoms with Gasteiger partial charge in [-0.15, -0.1) is 5.23 Å². The first-order chi connectivity index (χ1) is 25.3. The molecule has 0 heterocycles. The Labute approximate surface area is 320 Å². The molecule has 0 aliphatic rings. The van der Waals surface area contributed by atoms with E-state index < -0.39 is 66.4 Å². The second kappa shape index (κ2) is 22.9. The van der Waals surface area contributed by atoms with Gasteiger partial charge < -0.3 is 40.5 Å². The smallest absolute Gasteiger partial charge is 0.210 e. The Balaban J connectivity index is 2.08. The van der Waals surface area contributed by atoms with Crippen LogP contribution in [0, 0.1) is 16.7 Å². The molecule has 10 unspecified atom stereocenters. The largest absolute Gasteiger partial charge is 0.464 e. The fourth-order valence-electron chi connectivity index (χ4n) is 6.37. The molecular formula is C38H68N6O10. The van der Waals surface area contributed by atoms with E-state index in [1.807, 2.05) is 71.9 Å². The van der Waals surface area contributed by atoms with Gasteiger partial charge in [-0.2, -0.15) is 0 Å². The number of hydrogen-bond acceptors (Lipinski definition) is 16. The molecule has 310 valence electrons. The van der Waals surface area contributed by atoms with Crippen molar-refractivity contribution < 1.29 is 50.9 Å². The minimum absolute atomic E-state index is 0.0449. The highest BCUT2D eigenvalue weighted by Gasteiger charge is 2.40. The van der Waals surface area contributed by atoms with E-state index >= 15 is 0 Å². The molecule has 2 aromatic carbocycles. The average Bonchev–Trinajstić information content (AvgIpc) is 3.11. The molecule has 0 radical (unpaired) electrons. The maximum atomic E-state index is 11.5. The molecule has 54 heavy (non-hydrogen) atoms. The van der Waals surface area contributed by atoms with E-state index in [2.05, 4.69) is 26.6 Å². The summed E-state index contributed by atoms with van der Waals surface area (Å²) in [6.07, 6.45) is -5.91. The molecule has 2 rings (SSSR count). The van der Waals surface area contributed by atoms with Gasteiger partial charge in [0.25, 0.3) is 0 Å². The van der Waals surface area contributed by atoms with E-state index in [0.717, 1.165) is 5.56 Å². The van der Waals surface area contributed by atoms with E-state index in [4.69, 9.17) is 15.2 Å². The zero-order valence-corrected chi connectivity index (χ0v) is 32.8. The van der Waals surface area contributed by atoms with Crippen LogP contribution in [-0.2, 0) is 6.42 Å². The van der Waals surface area contributed by atoms with E-state index in [1.54, 1.807) is 6.92 Å². The maximum Gasteiger partial charge on any atom is 0.210 e. The van der Waals surface area contributed by atoms with Crippen molar-refractivity contribution >= 4 is 5.69 Å². The number of nitrogens with one attached hydrogen (secondary N) is 5. The number of aliphatic hydroxyl groups is 7. The number of anilines is 1. The maximum absolute atomic E-state index is 11.5. The van der Waals surface area contributed by atoms with Crippen LogP contribution in [0.3, 0.4) is 0 Å². The Morgan fingerprint density at radius 3 is 1.87 bits per heavy atom. The lowest BCUT2D eigenvalue weighted by atomic mass is 9.70. The molecule has 0 aliphatic carbocycles. The Kier molecular flexibility index (Phi) is 20.2. The number of rotatable bonds is 27. The molecular weight excluding hydrogens is 700 g/mol. The molecule has 0 aliphatic heterocycles. The molecule has 2 aromatic rings. The van der Waals surface area contributed by atoms with Crippen molar-refractivity contribution in [2.45, 2.75) is 130 Å². The minimum atomic E-state index is -1.36. The third kappa shape index (κ3) is 16.7. The summed E-state index contributed by atoms with van der Waals surface area (Å²) >= 11 is 0. The second-order valence-corrected chi connectivity index (χ2v) is 15.7. The first-order valence-corrected chi connectivity index (χ1v) is 18.7. The first-order valence-electron chi connectivity index (χ1n) is 18.7. The van der Waals surface area contributed by atoms with Crippen molar-refractivity contribution in [3.05, 3.63) is 60.2 Å². The summed E-state index contributed by atoms with van der Waals surface area (Å²) in [6.45, 7) is 13.1. The number of benzene rings is 2. The first kappa shape index (κ1) is 47.6. The van der Waals surface area contributed by atoms with Crippen LogP contribution in [-0.4, -0.2) is 121 Å². The van der Waals surface area contributed by atoms with Gasteiger partial charge in [0.15, 0.2) is 0 Å². The topological polar surface area (TPSA) is 255 Å². The van der Waals surface area contributed by atoms with Crippen LogP contribution in [0.5, 0.6) is 5.75 Å². The molecule has 14 N–H and O–H groups in total. The highest BCUT2D eigenvalue weighted by Crippen LogP contribution is 2.40. The fraction of sp³-hybridized carbons (Fsp3) is 0.684. The number of hydrogen-bond donors (Lipinski definition) is 14. The van der Waals surface area contributed by atoms with Gasteiger partial charge in [-0.05, 0) is 68.4 Å². The quantitative estimate of drug-likeness (QED) is 0.0442. The summed E-state index contributed by atoms with van der Waals surface area (Å²) in [4.78, 5) is 0. The van der Waals surface area contributed by atoms with Gasteiger partial charge in [0, 0.05) is 30.0 Å². The summed E-state index contributed by atoms with van der Waals surface area (Å²) in [7, 11) is 0. The highest BCUT2D eigenvalue weighted by molar-refractivity contribution is 5.44. The zero-order chi connectivity index (χ0) is 40.6. The van der Waals surface area contributed by atoms with Crippen LogP contribution in [0.2, 0.25) is 0 Å². The molecule has 0 spiro atoms. The predicted octanol–water partition coefficient (Wildman–Crippen LogP) is 0.748. The van der Waals surface area contributed by atoms with Crippen molar-refractivity contribution in [1.82, 2.24) is 26.6 Å². The summed E-state index contributed by atoms with van der Waals surface area (Å²) < 4.78 is 5.45. The third-order valence-electron chi connectivity index (χ3n) is 9.60. The van der Waals surface area contributed by atoms with Crippen LogP contribution in [0.4, 0.5) is 5.69 Å². The number of nitrogens with zero attached hydrogens (tertiary/aromatic N) is 1. The second-order valence-electron chi connectivity index (χ2n) is 15.7. The molecule has 16 heteroatoms. The average molecular weight is 769 g/mol. The SMILES string of the molecule is CCC(C)(CC(C)(C)C(O)NCC(O)NC(Cc1ccccc1)C(O)NC(CC(C)C)C(O)NCC(O)Oc1ccc(N(O)O)cc1)C(O)NCC(C)O. The lowest BCUT2D eigenvalue weighted by Crippen LogP contribution is -2.60. The summed E-state index contributed by atoms with van der Waals surface area (Å²) in [5.41, 5.74) is -0.372. The van der Waals surface area contributed by atoms with Crippen LogP contribution in [0.15, 0.2) is 54.6 Å². The van der Waals surface area contributed by atoms with Crippen molar-refractivity contribution in [3.63, 3.8) is 0 Å². The molecule has 10 atom stereocenters. The van der Waals surface area contributed by atoms with Gasteiger partial charge in [-0.1, -0.05) is 71.9 Å². The zero-order valence-electron chi connectivity index (χ0n) is 32.8. The number of aliphatic hydroxyl groups excluding tert-OH is 7. The van der Waals surface area contributed by atoms with Crippen molar-refractivity contribution in [2.24, 2.45) is 16.7 Å². The minimum Gasteiger partial charge on any atom is -0.464 e. The standard InChI is InChI=1S/C38H68N6O10/c1-8-38(7,36(51)40-20-25(4)45)23-37(5,6)35(50)41-21-31(46)42-30(19-26-12-10-9-11-13-26)34(49)43-29(18-24(2)3)33(48)39-22-32(47)54-28-16-14-27(15-17-28)44(52)53/h9-17,24-25,29-36,39-43,45-53H,8,18-23H2,1-7H3. The lowest BCUT2D eigenvalue weighted by molar-refractivity contribution is -0.0673. The van der Waals surface area contributed by atoms with Gasteiger partial charge in [0.2, 0.25) is 6.29 Å². The van der Waals surface area contributed by atoms with Gasteiger partial charge in [0.05, 0.1) is 24.4 Å². The molecule has 0 amide bonds. The van der Waals surface area contributed by atoms with Crippen LogP contribution >= 0.6 is 0 Å². The van der Waals surface area contributed by atoms with Crippen molar-refractivity contribution in [1.29, 1.82) is 0 Å². The van der Waals surface area contributed by atoms with Gasteiger partial charge in [-0.25, -0.2) is 0 Å². The molecule has 0 fully saturated rings. The Morgan fingerprint density at radius 1 is 0.704 bits per heavy atom. The summed E-state index contributed by atoms with van der Waals surface area (Å²) in [5.74, 6) is 0.364. The van der Waals surface area contributed by atoms with E-state index in [1.165, 1.54) is 24.3 Å². The lowest BCUT2D eigenvalue weighted by Gasteiger charge is -2.43. The van der Waals surface area contributed by atoms with Gasteiger partial charge in [0.1, 0.15) is 36.9 Å². The van der Waals surface area contributed by atoms with Crippen LogP contribution in [0.1, 0.15) is 73.3 Å². The molecule has 0 saturated carbocycles. The molecule has 0 aromatic heterocycles. The molecule has 0 saturated heterocycles. The monoisotopic (exact) mass is 768 g/mol. The highest BCUT2D eigenvalue weighted by atomic mass is 16.8. The molecule has 16 nitrogen and oxygen atoms in total. The van der Waals surface area contributed by atoms with E-state index in [9.17, 15) is 35.7 Å². The van der Waals surface area contributed by atoms with Crippen molar-refractivity contribution in [3.8, 4) is 5.75 Å². The van der Waals surface area contributed by atoms with E-state index in [-0.39, 0.29) is 42.2 Å². The normalized spacial score (nSPS) is 18.5. The predicted molar refractivity (Wildman–Crippen MR) is 205 cm³/mol. The molecule has 0 bridgehead atoms. The van der Waals surface area contributed by atoms with E-state index in [0.29, 0.717) is 25.7 Å². The Bertz CT molecular complexity index is 1300. The van der Waals surface area contributed by atoms with Crippen molar-refractivity contribution in [2.75, 3.05) is 24.9 Å². The summed E-state index contributed by atoms with van der Waals surface area (Å²) in [6, 6.07) is 13.6. The van der Waals surface area contributed by atoms with Gasteiger partial charge >= 0.3 is 0 Å². The Hall–Kier alpha value is -2.52. The third-order valence-corrected chi connectivity index (χ3v) is 9.60. The van der Waals surface area contributed by atoms with Crippen LogP contribution in [0.25, 0.3) is 0 Å². The van der Waals surface area contributed by atoms with Gasteiger partial charge in [-0.3, -0.25) is 37.0 Å². The van der Waals surface area contributed by atoms with Crippen LogP contribution < -0.4 is 36.5 Å². The fourth-order valence-corrected chi connectivity index (χ4v) is 6.37.